The molecule has 1 aliphatic heterocycles. The number of hydrogen-bond donors (Lipinski definition) is 1. The van der Waals surface area contributed by atoms with Gasteiger partial charge in [-0.15, -0.1) is 0 Å². The minimum absolute atomic E-state index is 0.338. The van der Waals surface area contributed by atoms with Gasteiger partial charge in [-0.2, -0.15) is 0 Å². The van der Waals surface area contributed by atoms with Gasteiger partial charge in [-0.1, -0.05) is 12.1 Å². The quantitative estimate of drug-likeness (QED) is 0.937. The monoisotopic (exact) mass is 325 g/mol. The summed E-state index contributed by atoms with van der Waals surface area (Å²) in [5.74, 6) is 0.506. The maximum Gasteiger partial charge on any atom is 0.412 e. The van der Waals surface area contributed by atoms with Crippen molar-refractivity contribution in [1.29, 1.82) is 0 Å². The van der Waals surface area contributed by atoms with Crippen molar-refractivity contribution in [2.75, 3.05) is 47.9 Å². The van der Waals surface area contributed by atoms with Gasteiger partial charge in [0.2, 0.25) is 0 Å². The zero-order chi connectivity index (χ0) is 16.8. The molecule has 1 fully saturated rings. The fraction of sp³-hybridized carbons (Fsp3) is 0.333. The van der Waals surface area contributed by atoms with E-state index in [1.165, 1.54) is 5.69 Å². The number of anilines is 3. The van der Waals surface area contributed by atoms with Crippen LogP contribution in [0.2, 0.25) is 0 Å². The number of aromatic nitrogens is 1. The number of piperazine rings is 1. The van der Waals surface area contributed by atoms with E-state index >= 15 is 0 Å². The van der Waals surface area contributed by atoms with Crippen LogP contribution in [-0.4, -0.2) is 43.9 Å². The highest BCUT2D eigenvalue weighted by molar-refractivity contribution is 5.84. The number of nitrogens with one attached hydrogen (secondary N) is 1. The van der Waals surface area contributed by atoms with Gasteiger partial charge in [-0.25, -0.2) is 9.78 Å². The SMILES string of the molecule is CCOC(=O)Nc1cc(N2CCN(c3cc[c]cc3)CC2)ccn1. The molecule has 1 saturated heterocycles. The first-order chi connectivity index (χ1) is 11.8. The Hall–Kier alpha value is -2.76. The normalized spacial score (nSPS) is 14.4. The fourth-order valence-electron chi connectivity index (χ4n) is 2.77. The Kier molecular flexibility index (Phi) is 5.15. The molecule has 6 nitrogen and oxygen atoms in total. The molecule has 2 heterocycles. The number of carbonyl (C=O) groups is 1. The van der Waals surface area contributed by atoms with Crippen LogP contribution in [-0.2, 0) is 4.74 Å². The molecule has 0 aliphatic carbocycles. The van der Waals surface area contributed by atoms with Gasteiger partial charge in [0.15, 0.2) is 0 Å². The van der Waals surface area contributed by atoms with Crippen LogP contribution < -0.4 is 15.1 Å². The highest BCUT2D eigenvalue weighted by Gasteiger charge is 2.18. The lowest BCUT2D eigenvalue weighted by Gasteiger charge is -2.37. The Balaban J connectivity index is 1.61. The number of amides is 1. The van der Waals surface area contributed by atoms with Crippen molar-refractivity contribution in [3.63, 3.8) is 0 Å². The Bertz CT molecular complexity index is 670. The molecule has 1 radical (unpaired) electrons. The molecule has 3 rings (SSSR count). The van der Waals surface area contributed by atoms with E-state index in [1.54, 1.807) is 13.1 Å². The van der Waals surface area contributed by atoms with Gasteiger partial charge in [0.25, 0.3) is 0 Å². The van der Waals surface area contributed by atoms with E-state index < -0.39 is 6.09 Å². The first kappa shape index (κ1) is 16.1. The van der Waals surface area contributed by atoms with E-state index in [1.807, 2.05) is 24.3 Å². The first-order valence-corrected chi connectivity index (χ1v) is 8.12. The Morgan fingerprint density at radius 2 is 1.83 bits per heavy atom. The number of pyridine rings is 1. The largest absolute Gasteiger partial charge is 0.450 e. The summed E-state index contributed by atoms with van der Waals surface area (Å²) in [4.78, 5) is 20.3. The number of ether oxygens (including phenoxy) is 1. The molecule has 0 spiro atoms. The lowest BCUT2D eigenvalue weighted by Crippen LogP contribution is -2.46. The van der Waals surface area contributed by atoms with Gasteiger partial charge < -0.3 is 14.5 Å². The predicted octanol–water partition coefficient (Wildman–Crippen LogP) is 2.78. The van der Waals surface area contributed by atoms with Crippen LogP contribution in [0.5, 0.6) is 0 Å². The minimum atomic E-state index is -0.479. The molecule has 1 aromatic carbocycles. The summed E-state index contributed by atoms with van der Waals surface area (Å²) in [6.07, 6.45) is 1.23. The third-order valence-corrected chi connectivity index (χ3v) is 3.96. The van der Waals surface area contributed by atoms with Gasteiger partial charge >= 0.3 is 6.09 Å². The van der Waals surface area contributed by atoms with Crippen LogP contribution in [0.1, 0.15) is 6.92 Å². The minimum Gasteiger partial charge on any atom is -0.450 e. The van der Waals surface area contributed by atoms with Crippen LogP contribution >= 0.6 is 0 Å². The number of rotatable bonds is 4. The number of carbonyl (C=O) groups excluding carboxylic acids is 1. The second kappa shape index (κ2) is 7.68. The van der Waals surface area contributed by atoms with Crippen molar-refractivity contribution in [2.24, 2.45) is 0 Å². The van der Waals surface area contributed by atoms with Crippen LogP contribution in [0.15, 0.2) is 42.6 Å². The van der Waals surface area contributed by atoms with Crippen molar-refractivity contribution in [3.8, 4) is 0 Å². The smallest absolute Gasteiger partial charge is 0.412 e. The molecule has 0 atom stereocenters. The van der Waals surface area contributed by atoms with Crippen LogP contribution in [0, 0.1) is 6.07 Å². The van der Waals surface area contributed by atoms with E-state index in [9.17, 15) is 4.79 Å². The van der Waals surface area contributed by atoms with E-state index in [-0.39, 0.29) is 0 Å². The topological polar surface area (TPSA) is 57.7 Å². The molecule has 2 aromatic rings. The molecule has 6 heteroatoms. The summed E-state index contributed by atoms with van der Waals surface area (Å²) >= 11 is 0. The van der Waals surface area contributed by atoms with E-state index in [0.29, 0.717) is 12.4 Å². The van der Waals surface area contributed by atoms with Crippen molar-refractivity contribution < 1.29 is 9.53 Å². The first-order valence-electron chi connectivity index (χ1n) is 8.12. The molecule has 0 bridgehead atoms. The molecular formula is C18H21N4O2. The summed E-state index contributed by atoms with van der Waals surface area (Å²) in [5.41, 5.74) is 2.28. The Morgan fingerprint density at radius 3 is 2.50 bits per heavy atom. The zero-order valence-corrected chi connectivity index (χ0v) is 13.7. The highest BCUT2D eigenvalue weighted by atomic mass is 16.5. The van der Waals surface area contributed by atoms with E-state index in [4.69, 9.17) is 4.74 Å². The van der Waals surface area contributed by atoms with Crippen molar-refractivity contribution >= 4 is 23.3 Å². The fourth-order valence-corrected chi connectivity index (χ4v) is 2.77. The summed E-state index contributed by atoms with van der Waals surface area (Å²) in [6, 6.07) is 14.9. The van der Waals surface area contributed by atoms with Gasteiger partial charge in [-0.05, 0) is 31.2 Å². The second-order valence-electron chi connectivity index (χ2n) is 5.48. The van der Waals surface area contributed by atoms with E-state index in [2.05, 4.69) is 38.3 Å². The number of benzene rings is 1. The number of hydrogen-bond acceptors (Lipinski definition) is 5. The summed E-state index contributed by atoms with van der Waals surface area (Å²) in [5, 5.41) is 2.64. The molecule has 125 valence electrons. The molecule has 1 amide bonds. The lowest BCUT2D eigenvalue weighted by molar-refractivity contribution is 0.168. The number of nitrogens with zero attached hydrogens (tertiary/aromatic N) is 3. The average Bonchev–Trinajstić information content (AvgIpc) is 2.63. The highest BCUT2D eigenvalue weighted by Crippen LogP contribution is 2.21. The van der Waals surface area contributed by atoms with Crippen LogP contribution in [0.3, 0.4) is 0 Å². The maximum atomic E-state index is 11.5. The van der Waals surface area contributed by atoms with Crippen LogP contribution in [0.4, 0.5) is 22.0 Å². The zero-order valence-electron chi connectivity index (χ0n) is 13.7. The Labute approximate surface area is 142 Å². The Morgan fingerprint density at radius 1 is 1.17 bits per heavy atom. The summed E-state index contributed by atoms with van der Waals surface area (Å²) < 4.78 is 4.88. The third-order valence-electron chi connectivity index (χ3n) is 3.96. The average molecular weight is 325 g/mol. The lowest BCUT2D eigenvalue weighted by atomic mass is 10.2. The maximum absolute atomic E-state index is 11.5. The van der Waals surface area contributed by atoms with Gasteiger partial charge in [0.1, 0.15) is 5.82 Å². The van der Waals surface area contributed by atoms with Crippen molar-refractivity contribution in [3.05, 3.63) is 48.7 Å². The van der Waals surface area contributed by atoms with Crippen molar-refractivity contribution in [1.82, 2.24) is 4.98 Å². The van der Waals surface area contributed by atoms with Gasteiger partial charge in [0.05, 0.1) is 6.61 Å². The van der Waals surface area contributed by atoms with Crippen LogP contribution in [0.25, 0.3) is 0 Å². The molecule has 24 heavy (non-hydrogen) atoms. The summed E-state index contributed by atoms with van der Waals surface area (Å²) in [7, 11) is 0. The molecular weight excluding hydrogens is 304 g/mol. The summed E-state index contributed by atoms with van der Waals surface area (Å²) in [6.45, 7) is 5.85. The van der Waals surface area contributed by atoms with E-state index in [0.717, 1.165) is 31.9 Å². The molecule has 1 aliphatic rings. The van der Waals surface area contributed by atoms with Gasteiger partial charge in [0, 0.05) is 49.8 Å². The molecule has 0 unspecified atom stereocenters. The third kappa shape index (κ3) is 3.95. The van der Waals surface area contributed by atoms with Gasteiger partial charge in [-0.3, -0.25) is 5.32 Å². The molecule has 1 N–H and O–H groups in total. The molecule has 1 aromatic heterocycles. The van der Waals surface area contributed by atoms with Crippen molar-refractivity contribution in [2.45, 2.75) is 6.92 Å². The standard InChI is InChI=1S/C18H21N4O2/c1-2-24-18(23)20-17-14-16(8-9-19-17)22-12-10-21(11-13-22)15-6-4-3-5-7-15/h4-9,14H,2,10-13H2,1H3,(H,19,20,23). The molecule has 0 saturated carbocycles. The predicted molar refractivity (Wildman–Crippen MR) is 94.6 cm³/mol. The second-order valence-corrected chi connectivity index (χ2v) is 5.48.